The van der Waals surface area contributed by atoms with Crippen molar-refractivity contribution in [3.63, 3.8) is 0 Å². The van der Waals surface area contributed by atoms with E-state index in [2.05, 4.69) is 18.7 Å². The highest BCUT2D eigenvalue weighted by Gasteiger charge is 2.38. The van der Waals surface area contributed by atoms with Gasteiger partial charge < -0.3 is 10.5 Å². The monoisotopic (exact) mass is 266 g/mol. The van der Waals surface area contributed by atoms with E-state index >= 15 is 0 Å². The molecular formula is C16H30N2O. The first-order valence-corrected chi connectivity index (χ1v) is 8.26. The number of hydrogen-bond donors (Lipinski definition) is 1. The van der Waals surface area contributed by atoms with Crippen LogP contribution in [0.25, 0.3) is 0 Å². The molecule has 0 aromatic rings. The summed E-state index contributed by atoms with van der Waals surface area (Å²) in [5.41, 5.74) is 6.56. The van der Waals surface area contributed by atoms with Crippen molar-refractivity contribution in [3.05, 3.63) is 0 Å². The normalized spacial score (nSPS) is 45.9. The molecule has 3 rings (SSSR count). The quantitative estimate of drug-likeness (QED) is 0.833. The van der Waals surface area contributed by atoms with Crippen molar-refractivity contribution in [2.24, 2.45) is 23.5 Å². The summed E-state index contributed by atoms with van der Waals surface area (Å²) < 4.78 is 6.10. The maximum atomic E-state index is 6.56. The lowest BCUT2D eigenvalue weighted by molar-refractivity contribution is -0.0713. The molecular weight excluding hydrogens is 236 g/mol. The predicted octanol–water partition coefficient (Wildman–Crippen LogP) is 2.25. The fourth-order valence-corrected chi connectivity index (χ4v) is 4.32. The van der Waals surface area contributed by atoms with Crippen molar-refractivity contribution in [2.45, 2.75) is 64.1 Å². The molecule has 110 valence electrons. The van der Waals surface area contributed by atoms with Crippen LogP contribution >= 0.6 is 0 Å². The third kappa shape index (κ3) is 2.84. The lowest BCUT2D eigenvalue weighted by Gasteiger charge is -2.42. The van der Waals surface area contributed by atoms with Gasteiger partial charge in [-0.05, 0) is 50.0 Å². The summed E-state index contributed by atoms with van der Waals surface area (Å²) in [6.45, 7) is 8.03. The van der Waals surface area contributed by atoms with E-state index in [1.54, 1.807) is 0 Å². The third-order valence-corrected chi connectivity index (χ3v) is 6.03. The average molecular weight is 266 g/mol. The van der Waals surface area contributed by atoms with Crippen LogP contribution in [0.15, 0.2) is 0 Å². The average Bonchev–Trinajstić information content (AvgIpc) is 2.88. The zero-order chi connectivity index (χ0) is 13.4. The van der Waals surface area contributed by atoms with Gasteiger partial charge in [-0.15, -0.1) is 0 Å². The van der Waals surface area contributed by atoms with Crippen molar-refractivity contribution < 1.29 is 4.74 Å². The van der Waals surface area contributed by atoms with Gasteiger partial charge in [0.05, 0.1) is 12.7 Å². The van der Waals surface area contributed by atoms with E-state index in [1.165, 1.54) is 38.6 Å². The summed E-state index contributed by atoms with van der Waals surface area (Å²) in [5.74, 6) is 2.38. The molecule has 2 aliphatic heterocycles. The Kier molecular flexibility index (Phi) is 4.16. The number of rotatable bonds is 2. The zero-order valence-corrected chi connectivity index (χ0v) is 12.6. The molecule has 1 saturated carbocycles. The van der Waals surface area contributed by atoms with Gasteiger partial charge >= 0.3 is 0 Å². The lowest BCUT2D eigenvalue weighted by atomic mass is 9.72. The van der Waals surface area contributed by atoms with Crippen molar-refractivity contribution >= 4 is 0 Å². The number of ether oxygens (including phenoxy) is 1. The Hall–Kier alpha value is -0.120. The molecule has 0 radical (unpaired) electrons. The second-order valence-corrected chi connectivity index (χ2v) is 7.27. The SMILES string of the molecule is CC1CCC(C(N)C2CN3CCCC3CO2)CC1C. The van der Waals surface area contributed by atoms with E-state index in [0.717, 1.165) is 25.0 Å². The van der Waals surface area contributed by atoms with Gasteiger partial charge in [-0.2, -0.15) is 0 Å². The molecule has 0 spiro atoms. The number of morpholine rings is 1. The highest BCUT2D eigenvalue weighted by atomic mass is 16.5. The molecule has 3 heteroatoms. The largest absolute Gasteiger partial charge is 0.374 e. The highest BCUT2D eigenvalue weighted by molar-refractivity contribution is 4.93. The van der Waals surface area contributed by atoms with Crippen molar-refractivity contribution in [3.8, 4) is 0 Å². The van der Waals surface area contributed by atoms with Gasteiger partial charge in [0.1, 0.15) is 0 Å². The molecule has 3 aliphatic rings. The molecule has 2 N–H and O–H groups in total. The van der Waals surface area contributed by atoms with Gasteiger partial charge in [-0.25, -0.2) is 0 Å². The molecule has 6 unspecified atom stereocenters. The topological polar surface area (TPSA) is 38.5 Å². The summed E-state index contributed by atoms with van der Waals surface area (Å²) in [4.78, 5) is 2.61. The van der Waals surface area contributed by atoms with Crippen LogP contribution in [0, 0.1) is 17.8 Å². The van der Waals surface area contributed by atoms with Crippen molar-refractivity contribution in [1.82, 2.24) is 4.90 Å². The van der Waals surface area contributed by atoms with Gasteiger partial charge in [0.2, 0.25) is 0 Å². The maximum absolute atomic E-state index is 6.56. The molecule has 0 aromatic carbocycles. The van der Waals surface area contributed by atoms with Gasteiger partial charge in [0.25, 0.3) is 0 Å². The van der Waals surface area contributed by atoms with Gasteiger partial charge in [-0.1, -0.05) is 20.3 Å². The molecule has 19 heavy (non-hydrogen) atoms. The Labute approximate surface area is 117 Å². The van der Waals surface area contributed by atoms with E-state index in [4.69, 9.17) is 10.5 Å². The van der Waals surface area contributed by atoms with Crippen LogP contribution in [-0.2, 0) is 4.74 Å². The predicted molar refractivity (Wildman–Crippen MR) is 78.0 cm³/mol. The molecule has 1 aliphatic carbocycles. The minimum absolute atomic E-state index is 0.247. The Morgan fingerprint density at radius 1 is 1.16 bits per heavy atom. The van der Waals surface area contributed by atoms with Crippen molar-refractivity contribution in [1.29, 1.82) is 0 Å². The molecule has 0 bridgehead atoms. The van der Waals surface area contributed by atoms with Gasteiger partial charge in [0, 0.05) is 18.6 Å². The smallest absolute Gasteiger partial charge is 0.0856 e. The Bertz CT molecular complexity index is 309. The summed E-state index contributed by atoms with van der Waals surface area (Å²) in [6.07, 6.45) is 6.88. The van der Waals surface area contributed by atoms with Crippen LogP contribution in [0.2, 0.25) is 0 Å². The first kappa shape index (κ1) is 13.8. The number of nitrogens with zero attached hydrogens (tertiary/aromatic N) is 1. The van der Waals surface area contributed by atoms with E-state index < -0.39 is 0 Å². The van der Waals surface area contributed by atoms with Crippen LogP contribution in [0.4, 0.5) is 0 Å². The summed E-state index contributed by atoms with van der Waals surface area (Å²) in [5, 5.41) is 0. The second kappa shape index (κ2) is 5.71. The van der Waals surface area contributed by atoms with Crippen LogP contribution in [0.3, 0.4) is 0 Å². The molecule has 0 amide bonds. The number of nitrogens with two attached hydrogens (primary N) is 1. The molecule has 6 atom stereocenters. The fourth-order valence-electron chi connectivity index (χ4n) is 4.32. The Morgan fingerprint density at radius 3 is 2.79 bits per heavy atom. The van der Waals surface area contributed by atoms with Crippen LogP contribution in [0.5, 0.6) is 0 Å². The van der Waals surface area contributed by atoms with Crippen LogP contribution in [-0.4, -0.2) is 42.8 Å². The maximum Gasteiger partial charge on any atom is 0.0856 e. The van der Waals surface area contributed by atoms with E-state index in [-0.39, 0.29) is 12.1 Å². The highest BCUT2D eigenvalue weighted by Crippen LogP contribution is 2.36. The van der Waals surface area contributed by atoms with Crippen LogP contribution in [0.1, 0.15) is 46.0 Å². The molecule has 0 aromatic heterocycles. The lowest BCUT2D eigenvalue weighted by Crippen LogP contribution is -2.55. The zero-order valence-electron chi connectivity index (χ0n) is 12.6. The second-order valence-electron chi connectivity index (χ2n) is 7.27. The Morgan fingerprint density at radius 2 is 2.00 bits per heavy atom. The van der Waals surface area contributed by atoms with Crippen molar-refractivity contribution in [2.75, 3.05) is 19.7 Å². The summed E-state index contributed by atoms with van der Waals surface area (Å²) in [7, 11) is 0. The van der Waals surface area contributed by atoms with E-state index in [9.17, 15) is 0 Å². The molecule has 3 nitrogen and oxygen atoms in total. The molecule has 3 fully saturated rings. The number of hydrogen-bond acceptors (Lipinski definition) is 3. The first-order chi connectivity index (χ1) is 9.15. The summed E-state index contributed by atoms with van der Waals surface area (Å²) >= 11 is 0. The fraction of sp³-hybridized carbons (Fsp3) is 1.00. The Balaban J connectivity index is 1.56. The molecule has 2 saturated heterocycles. The van der Waals surface area contributed by atoms with Gasteiger partial charge in [0.15, 0.2) is 0 Å². The standard InChI is InChI=1S/C16H30N2O/c1-11-5-6-13(8-12(11)2)16(17)15-9-18-7-3-4-14(18)10-19-15/h11-16H,3-10,17H2,1-2H3. The number of fused-ring (bicyclic) bond motifs is 1. The van der Waals surface area contributed by atoms with E-state index in [0.29, 0.717) is 12.0 Å². The summed E-state index contributed by atoms with van der Waals surface area (Å²) in [6, 6.07) is 0.935. The minimum atomic E-state index is 0.247. The van der Waals surface area contributed by atoms with Gasteiger partial charge in [-0.3, -0.25) is 4.90 Å². The minimum Gasteiger partial charge on any atom is -0.374 e. The molecule has 2 heterocycles. The third-order valence-electron chi connectivity index (χ3n) is 6.03. The van der Waals surface area contributed by atoms with Crippen LogP contribution < -0.4 is 5.73 Å². The first-order valence-electron chi connectivity index (χ1n) is 8.26. The van der Waals surface area contributed by atoms with E-state index in [1.807, 2.05) is 0 Å².